The first-order valence-electron chi connectivity index (χ1n) is 4.35. The van der Waals surface area contributed by atoms with Gasteiger partial charge in [-0.2, -0.15) is 18.4 Å². The standard InChI is InChI=1S/C10H8F4N2/c11-8-5-6(10(12,13)14)1-2-7(8)9(16)3-4-15/h1-2,5,9H,3,16H2. The Morgan fingerprint density at radius 3 is 2.44 bits per heavy atom. The van der Waals surface area contributed by atoms with E-state index in [1.807, 2.05) is 0 Å². The molecule has 86 valence electrons. The molecular weight excluding hydrogens is 224 g/mol. The zero-order chi connectivity index (χ0) is 12.3. The molecule has 16 heavy (non-hydrogen) atoms. The van der Waals surface area contributed by atoms with Crippen LogP contribution in [-0.2, 0) is 6.18 Å². The highest BCUT2D eigenvalue weighted by molar-refractivity contribution is 5.28. The number of alkyl halides is 3. The molecule has 0 bridgehead atoms. The van der Waals surface area contributed by atoms with Crippen molar-refractivity contribution in [3.8, 4) is 6.07 Å². The molecule has 0 saturated carbocycles. The Morgan fingerprint density at radius 2 is 2.00 bits per heavy atom. The number of benzene rings is 1. The Balaban J connectivity index is 3.06. The third-order valence-electron chi connectivity index (χ3n) is 2.04. The molecule has 0 aliphatic rings. The van der Waals surface area contributed by atoms with E-state index in [-0.39, 0.29) is 12.0 Å². The van der Waals surface area contributed by atoms with E-state index in [1.165, 1.54) is 0 Å². The largest absolute Gasteiger partial charge is 0.416 e. The van der Waals surface area contributed by atoms with Gasteiger partial charge in [0.15, 0.2) is 0 Å². The Hall–Kier alpha value is -1.61. The molecule has 2 N–H and O–H groups in total. The zero-order valence-electron chi connectivity index (χ0n) is 8.05. The molecule has 1 unspecified atom stereocenters. The molecule has 0 radical (unpaired) electrons. The van der Waals surface area contributed by atoms with Crippen LogP contribution in [0.25, 0.3) is 0 Å². The van der Waals surface area contributed by atoms with Crippen LogP contribution in [0.5, 0.6) is 0 Å². The molecule has 0 saturated heterocycles. The summed E-state index contributed by atoms with van der Waals surface area (Å²) in [5.41, 5.74) is 4.26. The van der Waals surface area contributed by atoms with Gasteiger partial charge in [-0.25, -0.2) is 4.39 Å². The average Bonchev–Trinajstić information content (AvgIpc) is 2.16. The lowest BCUT2D eigenvalue weighted by Crippen LogP contribution is -2.13. The number of hydrogen-bond acceptors (Lipinski definition) is 2. The van der Waals surface area contributed by atoms with Crippen LogP contribution in [0.15, 0.2) is 18.2 Å². The molecule has 0 fully saturated rings. The van der Waals surface area contributed by atoms with E-state index in [0.29, 0.717) is 6.07 Å². The first kappa shape index (κ1) is 12.5. The average molecular weight is 232 g/mol. The number of nitrogens with two attached hydrogens (primary N) is 1. The van der Waals surface area contributed by atoms with E-state index in [9.17, 15) is 17.6 Å². The van der Waals surface area contributed by atoms with E-state index in [4.69, 9.17) is 11.0 Å². The van der Waals surface area contributed by atoms with Gasteiger partial charge in [-0.3, -0.25) is 0 Å². The van der Waals surface area contributed by atoms with Gasteiger partial charge in [0.2, 0.25) is 0 Å². The maximum atomic E-state index is 13.3. The molecule has 0 spiro atoms. The summed E-state index contributed by atoms with van der Waals surface area (Å²) >= 11 is 0. The van der Waals surface area contributed by atoms with Crippen LogP contribution in [0.3, 0.4) is 0 Å². The topological polar surface area (TPSA) is 49.8 Å². The quantitative estimate of drug-likeness (QED) is 0.797. The Kier molecular flexibility index (Phi) is 3.50. The number of nitriles is 1. The molecule has 0 aromatic heterocycles. The molecule has 0 amide bonds. The van der Waals surface area contributed by atoms with Crippen LogP contribution in [0.2, 0.25) is 0 Å². The maximum Gasteiger partial charge on any atom is 0.416 e. The van der Waals surface area contributed by atoms with Gasteiger partial charge in [0.1, 0.15) is 5.82 Å². The van der Waals surface area contributed by atoms with Crippen molar-refractivity contribution < 1.29 is 17.6 Å². The normalized spacial score (nSPS) is 13.2. The van der Waals surface area contributed by atoms with Crippen molar-refractivity contribution >= 4 is 0 Å². The van der Waals surface area contributed by atoms with Crippen molar-refractivity contribution in [2.24, 2.45) is 5.73 Å². The summed E-state index contributed by atoms with van der Waals surface area (Å²) < 4.78 is 49.9. The van der Waals surface area contributed by atoms with Gasteiger partial charge in [0.25, 0.3) is 0 Å². The molecule has 1 aromatic carbocycles. The maximum absolute atomic E-state index is 13.3. The number of halogens is 4. The monoisotopic (exact) mass is 232 g/mol. The van der Waals surface area contributed by atoms with Gasteiger partial charge in [-0.05, 0) is 12.1 Å². The minimum absolute atomic E-state index is 0.0884. The Bertz CT molecular complexity index is 420. The fourth-order valence-corrected chi connectivity index (χ4v) is 1.21. The van der Waals surface area contributed by atoms with E-state index in [1.54, 1.807) is 6.07 Å². The predicted octanol–water partition coefficient (Wildman–Crippen LogP) is 2.76. The summed E-state index contributed by atoms with van der Waals surface area (Å²) in [5.74, 6) is -1.04. The van der Waals surface area contributed by atoms with Gasteiger partial charge in [-0.1, -0.05) is 6.07 Å². The van der Waals surface area contributed by atoms with Gasteiger partial charge < -0.3 is 5.73 Å². The molecule has 1 atom stereocenters. The third-order valence-corrected chi connectivity index (χ3v) is 2.04. The number of nitrogens with zero attached hydrogens (tertiary/aromatic N) is 1. The lowest BCUT2D eigenvalue weighted by Gasteiger charge is -2.12. The van der Waals surface area contributed by atoms with E-state index in [0.717, 1.165) is 12.1 Å². The highest BCUT2D eigenvalue weighted by Gasteiger charge is 2.31. The van der Waals surface area contributed by atoms with Crippen molar-refractivity contribution in [1.82, 2.24) is 0 Å². The van der Waals surface area contributed by atoms with Crippen molar-refractivity contribution in [3.63, 3.8) is 0 Å². The molecule has 1 rings (SSSR count). The summed E-state index contributed by atoms with van der Waals surface area (Å²) in [7, 11) is 0. The Labute approximate surface area is 89.3 Å². The van der Waals surface area contributed by atoms with E-state index < -0.39 is 23.6 Å². The summed E-state index contributed by atoms with van der Waals surface area (Å²) in [5, 5.41) is 8.34. The molecule has 6 heteroatoms. The SMILES string of the molecule is N#CCC(N)c1ccc(C(F)(F)F)cc1F. The smallest absolute Gasteiger partial charge is 0.323 e. The van der Waals surface area contributed by atoms with Crippen LogP contribution in [0.1, 0.15) is 23.6 Å². The lowest BCUT2D eigenvalue weighted by atomic mass is 10.0. The minimum Gasteiger partial charge on any atom is -0.323 e. The Morgan fingerprint density at radius 1 is 1.38 bits per heavy atom. The molecular formula is C10H8F4N2. The van der Waals surface area contributed by atoms with Crippen molar-refractivity contribution in [2.75, 3.05) is 0 Å². The van der Waals surface area contributed by atoms with E-state index >= 15 is 0 Å². The summed E-state index contributed by atoms with van der Waals surface area (Å²) in [6.45, 7) is 0. The highest BCUT2D eigenvalue weighted by atomic mass is 19.4. The highest BCUT2D eigenvalue weighted by Crippen LogP contribution is 2.31. The van der Waals surface area contributed by atoms with Crippen molar-refractivity contribution in [1.29, 1.82) is 5.26 Å². The molecule has 0 aliphatic carbocycles. The van der Waals surface area contributed by atoms with Crippen LogP contribution in [0.4, 0.5) is 17.6 Å². The first-order chi connectivity index (χ1) is 7.36. The second-order valence-electron chi connectivity index (χ2n) is 3.20. The summed E-state index contributed by atoms with van der Waals surface area (Å²) in [6.07, 6.45) is -4.74. The fraction of sp³-hybridized carbons (Fsp3) is 0.300. The van der Waals surface area contributed by atoms with Crippen molar-refractivity contribution in [2.45, 2.75) is 18.6 Å². The van der Waals surface area contributed by atoms with Crippen LogP contribution in [0, 0.1) is 17.1 Å². The summed E-state index contributed by atoms with van der Waals surface area (Å²) in [4.78, 5) is 0. The molecule has 2 nitrogen and oxygen atoms in total. The van der Waals surface area contributed by atoms with Gasteiger partial charge in [0, 0.05) is 11.6 Å². The van der Waals surface area contributed by atoms with Gasteiger partial charge in [-0.15, -0.1) is 0 Å². The molecule has 1 aromatic rings. The van der Waals surface area contributed by atoms with Crippen LogP contribution >= 0.6 is 0 Å². The third kappa shape index (κ3) is 2.70. The van der Waals surface area contributed by atoms with Crippen molar-refractivity contribution in [3.05, 3.63) is 35.1 Å². The zero-order valence-corrected chi connectivity index (χ0v) is 8.05. The fourth-order valence-electron chi connectivity index (χ4n) is 1.21. The number of hydrogen-bond donors (Lipinski definition) is 1. The van der Waals surface area contributed by atoms with Crippen LogP contribution in [-0.4, -0.2) is 0 Å². The lowest BCUT2D eigenvalue weighted by molar-refractivity contribution is -0.137. The summed E-state index contributed by atoms with van der Waals surface area (Å²) in [6, 6.07) is 2.90. The van der Waals surface area contributed by atoms with E-state index in [2.05, 4.69) is 0 Å². The predicted molar refractivity (Wildman–Crippen MR) is 48.6 cm³/mol. The second kappa shape index (κ2) is 4.49. The minimum atomic E-state index is -4.58. The molecule has 0 heterocycles. The molecule has 0 aliphatic heterocycles. The van der Waals surface area contributed by atoms with Crippen LogP contribution < -0.4 is 5.73 Å². The van der Waals surface area contributed by atoms with Gasteiger partial charge >= 0.3 is 6.18 Å². The first-order valence-corrected chi connectivity index (χ1v) is 4.35. The number of rotatable bonds is 2. The van der Waals surface area contributed by atoms with Gasteiger partial charge in [0.05, 0.1) is 18.1 Å². The second-order valence-corrected chi connectivity index (χ2v) is 3.20.